The highest BCUT2D eigenvalue weighted by Crippen LogP contribution is 2.46. The molecule has 0 aliphatic heterocycles. The molecule has 2 N–H and O–H groups in total. The third kappa shape index (κ3) is 6.86. The first-order valence-corrected chi connectivity index (χ1v) is 12.9. The van der Waals surface area contributed by atoms with Gasteiger partial charge in [0.15, 0.2) is 0 Å². The molecule has 8 heteroatoms. The van der Waals surface area contributed by atoms with Crippen LogP contribution in [0.3, 0.4) is 0 Å². The van der Waals surface area contributed by atoms with Gasteiger partial charge in [-0.3, -0.25) is 9.36 Å². The van der Waals surface area contributed by atoms with Crippen molar-refractivity contribution in [3.05, 3.63) is 77.6 Å². The van der Waals surface area contributed by atoms with Crippen molar-refractivity contribution in [1.29, 1.82) is 0 Å². The topological polar surface area (TPSA) is 96.7 Å². The molecule has 0 bridgehead atoms. The number of carboxylic acids is 1. The number of hydrogen-bond acceptors (Lipinski definition) is 5. The molecule has 1 heterocycles. The zero-order valence-corrected chi connectivity index (χ0v) is 20.6. The summed E-state index contributed by atoms with van der Waals surface area (Å²) >= 11 is 0. The van der Waals surface area contributed by atoms with Crippen molar-refractivity contribution < 1.29 is 28.5 Å². The molecule has 2 aromatic carbocycles. The number of rotatable bonds is 8. The zero-order valence-electron chi connectivity index (χ0n) is 19.7. The number of benzene rings is 2. The molecule has 6 nitrogen and oxygen atoms in total. The molecule has 35 heavy (non-hydrogen) atoms. The van der Waals surface area contributed by atoms with E-state index in [1.165, 1.54) is 19.2 Å². The highest BCUT2D eigenvalue weighted by atomic mass is 31.2. The van der Waals surface area contributed by atoms with Crippen LogP contribution in [0.1, 0.15) is 37.3 Å². The maximum Gasteiger partial charge on any atom is 0.305 e. The third-order valence-corrected chi connectivity index (χ3v) is 7.31. The number of carboxylic acid groups (broad SMARTS) is 1. The molecular weight excluding hydrogens is 468 g/mol. The number of aromatic nitrogens is 1. The first kappa shape index (κ1) is 26.3. The average Bonchev–Trinajstić information content (AvgIpc) is 2.82. The van der Waals surface area contributed by atoms with Crippen molar-refractivity contribution in [2.24, 2.45) is 0 Å². The summed E-state index contributed by atoms with van der Waals surface area (Å²) in [4.78, 5) is 15.7. The molecule has 182 valence electrons. The van der Waals surface area contributed by atoms with Crippen molar-refractivity contribution in [3.63, 3.8) is 0 Å². The van der Waals surface area contributed by atoms with Crippen LogP contribution in [-0.2, 0) is 13.9 Å². The lowest BCUT2D eigenvalue weighted by Crippen LogP contribution is -2.17. The van der Waals surface area contributed by atoms with Gasteiger partial charge in [0.05, 0.1) is 35.6 Å². The Bertz CT molecular complexity index is 1300. The molecule has 0 fully saturated rings. The Morgan fingerprint density at radius 2 is 1.77 bits per heavy atom. The number of pyridine rings is 1. The molecule has 0 amide bonds. The summed E-state index contributed by atoms with van der Waals surface area (Å²) in [5.41, 5.74) is 6.76. The quantitative estimate of drug-likeness (QED) is 0.305. The Morgan fingerprint density at radius 3 is 2.34 bits per heavy atom. The van der Waals surface area contributed by atoms with Gasteiger partial charge in [-0.2, -0.15) is 0 Å². The molecule has 0 saturated heterocycles. The molecule has 3 aromatic rings. The van der Waals surface area contributed by atoms with E-state index in [0.717, 1.165) is 11.1 Å². The smallest absolute Gasteiger partial charge is 0.305 e. The number of carbonyl (C=O) groups is 1. The van der Waals surface area contributed by atoms with Gasteiger partial charge in [0, 0.05) is 18.2 Å². The SMILES string of the molecule is COP(=O)(C#Cc1c(C(C)C)cc(-c2ccccc2)nc1-c1ccc(F)cc1)CC(O)CC(=O)O. The Morgan fingerprint density at radius 1 is 1.11 bits per heavy atom. The van der Waals surface area contributed by atoms with Crippen LogP contribution < -0.4 is 0 Å². The summed E-state index contributed by atoms with van der Waals surface area (Å²) in [7, 11) is -2.47. The standard InChI is InChI=1S/C27H27FNO5P/c1-18(2)24-16-25(19-7-5-4-6-8-19)29-27(20-9-11-21(28)12-10-20)23(24)13-14-35(33,34-3)17-22(30)15-26(31)32/h4-12,16,18,22,30H,15,17H2,1-3H3,(H,31,32). The summed E-state index contributed by atoms with van der Waals surface area (Å²) in [6.45, 7) is 3.99. The molecule has 2 unspecified atom stereocenters. The highest BCUT2D eigenvalue weighted by Gasteiger charge is 2.26. The summed E-state index contributed by atoms with van der Waals surface area (Å²) in [5.74, 6) is 1.37. The summed E-state index contributed by atoms with van der Waals surface area (Å²) < 4.78 is 32.0. The third-order valence-electron chi connectivity index (χ3n) is 5.37. The maximum atomic E-state index is 13.6. The molecular formula is C27H27FNO5P. The van der Waals surface area contributed by atoms with E-state index in [1.54, 1.807) is 12.1 Å². The van der Waals surface area contributed by atoms with Crippen LogP contribution in [-0.4, -0.2) is 40.5 Å². The van der Waals surface area contributed by atoms with E-state index in [2.05, 4.69) is 11.6 Å². The van der Waals surface area contributed by atoms with E-state index in [4.69, 9.17) is 14.6 Å². The fourth-order valence-corrected chi connectivity index (χ4v) is 4.87. The normalized spacial score (nSPS) is 13.5. The molecule has 0 spiro atoms. The Kier molecular flexibility index (Phi) is 8.58. The zero-order chi connectivity index (χ0) is 25.6. The number of halogens is 1. The van der Waals surface area contributed by atoms with Crippen LogP contribution in [0.25, 0.3) is 22.5 Å². The lowest BCUT2D eigenvalue weighted by atomic mass is 9.92. The van der Waals surface area contributed by atoms with E-state index >= 15 is 0 Å². The van der Waals surface area contributed by atoms with Crippen molar-refractivity contribution in [3.8, 4) is 34.1 Å². The van der Waals surface area contributed by atoms with Crippen LogP contribution in [0.4, 0.5) is 4.39 Å². The van der Waals surface area contributed by atoms with Crippen molar-refractivity contribution in [1.82, 2.24) is 4.98 Å². The average molecular weight is 495 g/mol. The van der Waals surface area contributed by atoms with Gasteiger partial charge in [0.1, 0.15) is 5.82 Å². The van der Waals surface area contributed by atoms with Crippen LogP contribution in [0.5, 0.6) is 0 Å². The van der Waals surface area contributed by atoms with E-state index in [-0.39, 0.29) is 11.7 Å². The number of aliphatic carboxylic acids is 1. The molecule has 2 atom stereocenters. The van der Waals surface area contributed by atoms with E-state index in [9.17, 15) is 18.9 Å². The fraction of sp³-hybridized carbons (Fsp3) is 0.259. The van der Waals surface area contributed by atoms with Gasteiger partial charge in [-0.15, -0.1) is 0 Å². The molecule has 3 rings (SSSR count). The predicted octanol–water partition coefficient (Wildman–Crippen LogP) is 5.75. The molecule has 0 aliphatic rings. The van der Waals surface area contributed by atoms with E-state index in [0.29, 0.717) is 22.5 Å². The summed E-state index contributed by atoms with van der Waals surface area (Å²) in [6, 6.07) is 17.4. The van der Waals surface area contributed by atoms with Crippen molar-refractivity contribution >= 4 is 13.3 Å². The van der Waals surface area contributed by atoms with Gasteiger partial charge in [0.25, 0.3) is 7.37 Å². The number of aliphatic hydroxyl groups excluding tert-OH is 1. The van der Waals surface area contributed by atoms with Gasteiger partial charge < -0.3 is 14.7 Å². The molecule has 1 aromatic heterocycles. The summed E-state index contributed by atoms with van der Waals surface area (Å²) in [6.07, 6.45) is -2.35. The van der Waals surface area contributed by atoms with Crippen molar-refractivity contribution in [2.45, 2.75) is 32.3 Å². The predicted molar refractivity (Wildman–Crippen MR) is 134 cm³/mol. The van der Waals surface area contributed by atoms with Crippen LogP contribution in [0, 0.1) is 17.4 Å². The van der Waals surface area contributed by atoms with Crippen LogP contribution >= 0.6 is 7.37 Å². The molecule has 0 radical (unpaired) electrons. The highest BCUT2D eigenvalue weighted by molar-refractivity contribution is 7.64. The second-order valence-electron chi connectivity index (χ2n) is 8.38. The maximum absolute atomic E-state index is 13.6. The minimum atomic E-state index is -3.68. The van der Waals surface area contributed by atoms with Crippen LogP contribution in [0.2, 0.25) is 0 Å². The monoisotopic (exact) mass is 495 g/mol. The molecule has 0 saturated carbocycles. The van der Waals surface area contributed by atoms with E-state index in [1.807, 2.05) is 50.2 Å². The first-order chi connectivity index (χ1) is 16.6. The Balaban J connectivity index is 2.20. The molecule has 0 aliphatic carbocycles. The number of aliphatic hydroxyl groups is 1. The first-order valence-electron chi connectivity index (χ1n) is 11.1. The lowest BCUT2D eigenvalue weighted by molar-refractivity contribution is -0.138. The van der Waals surface area contributed by atoms with Crippen molar-refractivity contribution in [2.75, 3.05) is 13.3 Å². The second kappa shape index (κ2) is 11.4. The van der Waals surface area contributed by atoms with Gasteiger partial charge >= 0.3 is 5.97 Å². The Labute approximate surface area is 204 Å². The second-order valence-corrected chi connectivity index (χ2v) is 10.7. The fourth-order valence-electron chi connectivity index (χ4n) is 3.58. The van der Waals surface area contributed by atoms with Crippen LogP contribution in [0.15, 0.2) is 60.7 Å². The number of hydrogen-bond donors (Lipinski definition) is 2. The minimum absolute atomic E-state index is 0.0171. The summed E-state index contributed by atoms with van der Waals surface area (Å²) in [5, 5.41) is 18.9. The van der Waals surface area contributed by atoms with Gasteiger partial charge in [-0.1, -0.05) is 50.1 Å². The van der Waals surface area contributed by atoms with E-state index < -0.39 is 32.0 Å². The lowest BCUT2D eigenvalue weighted by Gasteiger charge is -2.17. The van der Waals surface area contributed by atoms with Gasteiger partial charge in [-0.25, -0.2) is 9.37 Å². The largest absolute Gasteiger partial charge is 0.481 e. The Hall–Kier alpha value is -3.30. The minimum Gasteiger partial charge on any atom is -0.481 e. The van der Waals surface area contributed by atoms with Gasteiger partial charge in [0.2, 0.25) is 0 Å². The number of nitrogens with zero attached hydrogens (tertiary/aromatic N) is 1. The van der Waals surface area contributed by atoms with Gasteiger partial charge in [-0.05, 0) is 47.5 Å².